The number of nitrogens with zero attached hydrogens (tertiary/aromatic N) is 3. The minimum atomic E-state index is -0.263. The van der Waals surface area contributed by atoms with Gasteiger partial charge in [-0.25, -0.2) is 0 Å². The Bertz CT molecular complexity index is 782. The molecule has 3 amide bonds. The van der Waals surface area contributed by atoms with E-state index in [9.17, 15) is 14.4 Å². The maximum atomic E-state index is 13.0. The van der Waals surface area contributed by atoms with Crippen molar-refractivity contribution in [3.63, 3.8) is 0 Å². The predicted molar refractivity (Wildman–Crippen MR) is 117 cm³/mol. The second kappa shape index (κ2) is 9.19. The highest BCUT2D eigenvalue weighted by Crippen LogP contribution is 2.27. The maximum absolute atomic E-state index is 13.0. The van der Waals surface area contributed by atoms with Crippen LogP contribution in [0.3, 0.4) is 0 Å². The molecule has 2 saturated heterocycles. The van der Waals surface area contributed by atoms with E-state index < -0.39 is 0 Å². The zero-order valence-electron chi connectivity index (χ0n) is 18.8. The van der Waals surface area contributed by atoms with Gasteiger partial charge >= 0.3 is 0 Å². The van der Waals surface area contributed by atoms with Gasteiger partial charge in [0.05, 0.1) is 5.92 Å². The van der Waals surface area contributed by atoms with Crippen molar-refractivity contribution in [1.29, 1.82) is 0 Å². The first-order chi connectivity index (χ1) is 14.1. The fraction of sp³-hybridized carbons (Fsp3) is 0.625. The van der Waals surface area contributed by atoms with Crippen LogP contribution in [-0.4, -0.2) is 70.7 Å². The number of hydrogen-bond acceptors (Lipinski definition) is 3. The molecule has 2 aliphatic heterocycles. The number of benzene rings is 1. The summed E-state index contributed by atoms with van der Waals surface area (Å²) in [6, 6.07) is 8.30. The lowest BCUT2D eigenvalue weighted by atomic mass is 10.1. The van der Waals surface area contributed by atoms with Crippen LogP contribution in [0.15, 0.2) is 24.3 Å². The summed E-state index contributed by atoms with van der Waals surface area (Å²) >= 11 is 0. The van der Waals surface area contributed by atoms with Crippen LogP contribution in [0.5, 0.6) is 0 Å². The largest absolute Gasteiger partial charge is 0.341 e. The fourth-order valence-corrected chi connectivity index (χ4v) is 4.33. The van der Waals surface area contributed by atoms with Crippen LogP contribution >= 0.6 is 0 Å². The van der Waals surface area contributed by atoms with Gasteiger partial charge in [-0.2, -0.15) is 0 Å². The molecule has 1 aromatic carbocycles. The number of aryl methyl sites for hydroxylation is 2. The number of carbonyl (C=O) groups excluding carboxylic acids is 3. The van der Waals surface area contributed by atoms with Gasteiger partial charge in [-0.3, -0.25) is 14.4 Å². The topological polar surface area (TPSA) is 60.9 Å². The molecule has 2 aliphatic rings. The summed E-state index contributed by atoms with van der Waals surface area (Å²) in [5.74, 6) is 0.00739. The summed E-state index contributed by atoms with van der Waals surface area (Å²) in [6.07, 6.45) is 2.32. The van der Waals surface area contributed by atoms with Gasteiger partial charge in [-0.1, -0.05) is 29.8 Å². The van der Waals surface area contributed by atoms with Gasteiger partial charge in [0.1, 0.15) is 0 Å². The first-order valence-corrected chi connectivity index (χ1v) is 11.1. The third-order valence-corrected chi connectivity index (χ3v) is 6.19. The number of carbonyl (C=O) groups is 3. The molecule has 2 fully saturated rings. The standard InChI is InChI=1S/C24H35N3O3/c1-18-6-8-19(9-7-18)10-11-21(28)25-12-5-13-26(15-14-25)23(30)20-16-22(29)27(17-20)24(2,3)4/h6-9,20H,5,10-17H2,1-4H3. The van der Waals surface area contributed by atoms with Crippen molar-refractivity contribution in [3.05, 3.63) is 35.4 Å². The summed E-state index contributed by atoms with van der Waals surface area (Å²) in [6.45, 7) is 11.0. The van der Waals surface area contributed by atoms with Crippen LogP contribution in [0.1, 0.15) is 51.2 Å². The molecule has 2 heterocycles. The van der Waals surface area contributed by atoms with E-state index in [1.54, 1.807) is 0 Å². The SMILES string of the molecule is Cc1ccc(CCC(=O)N2CCCN(C(=O)C3CC(=O)N(C(C)(C)C)C3)CC2)cc1. The van der Waals surface area contributed by atoms with Crippen molar-refractivity contribution < 1.29 is 14.4 Å². The van der Waals surface area contributed by atoms with E-state index in [0.717, 1.165) is 12.8 Å². The average molecular weight is 414 g/mol. The Hall–Kier alpha value is -2.37. The first kappa shape index (κ1) is 22.3. The monoisotopic (exact) mass is 413 g/mol. The predicted octanol–water partition coefficient (Wildman–Crippen LogP) is 2.64. The zero-order chi connectivity index (χ0) is 21.9. The van der Waals surface area contributed by atoms with Crippen molar-refractivity contribution in [1.82, 2.24) is 14.7 Å². The quantitative estimate of drug-likeness (QED) is 0.762. The van der Waals surface area contributed by atoms with Crippen LogP contribution in [0.4, 0.5) is 0 Å². The molecular formula is C24H35N3O3. The molecule has 6 heteroatoms. The van der Waals surface area contributed by atoms with Crippen molar-refractivity contribution in [3.8, 4) is 0 Å². The minimum Gasteiger partial charge on any atom is -0.341 e. The molecule has 6 nitrogen and oxygen atoms in total. The van der Waals surface area contributed by atoms with E-state index in [2.05, 4.69) is 31.2 Å². The van der Waals surface area contributed by atoms with Crippen molar-refractivity contribution in [2.24, 2.45) is 5.92 Å². The molecule has 0 N–H and O–H groups in total. The van der Waals surface area contributed by atoms with Crippen molar-refractivity contribution >= 4 is 17.7 Å². The second-order valence-electron chi connectivity index (χ2n) is 9.62. The minimum absolute atomic E-state index is 0.0589. The summed E-state index contributed by atoms with van der Waals surface area (Å²) in [4.78, 5) is 43.6. The lowest BCUT2D eigenvalue weighted by Gasteiger charge is -2.32. The zero-order valence-corrected chi connectivity index (χ0v) is 18.8. The van der Waals surface area contributed by atoms with Crippen molar-refractivity contribution in [2.75, 3.05) is 32.7 Å². The normalized spacial score (nSPS) is 20.5. The molecule has 0 spiro atoms. The number of likely N-dealkylation sites (tertiary alicyclic amines) is 1. The van der Waals surface area contributed by atoms with E-state index in [1.807, 2.05) is 35.5 Å². The highest BCUT2D eigenvalue weighted by molar-refractivity contribution is 5.89. The van der Waals surface area contributed by atoms with Crippen LogP contribution in [0, 0.1) is 12.8 Å². The Labute approximate surface area is 180 Å². The van der Waals surface area contributed by atoms with Gasteiger partial charge in [0.15, 0.2) is 0 Å². The fourth-order valence-electron chi connectivity index (χ4n) is 4.33. The first-order valence-electron chi connectivity index (χ1n) is 11.1. The van der Waals surface area contributed by atoms with E-state index >= 15 is 0 Å². The van der Waals surface area contributed by atoms with Crippen LogP contribution in [0.2, 0.25) is 0 Å². The highest BCUT2D eigenvalue weighted by Gasteiger charge is 2.41. The molecule has 0 saturated carbocycles. The molecule has 0 bridgehead atoms. The van der Waals surface area contributed by atoms with Gasteiger partial charge in [0.25, 0.3) is 0 Å². The Morgan fingerprint density at radius 1 is 1.00 bits per heavy atom. The molecular weight excluding hydrogens is 378 g/mol. The summed E-state index contributed by atoms with van der Waals surface area (Å²) in [7, 11) is 0. The summed E-state index contributed by atoms with van der Waals surface area (Å²) < 4.78 is 0. The molecule has 3 rings (SSSR count). The van der Waals surface area contributed by atoms with Gasteiger partial charge in [0.2, 0.25) is 17.7 Å². The molecule has 164 valence electrons. The van der Waals surface area contributed by atoms with Gasteiger partial charge in [-0.15, -0.1) is 0 Å². The molecule has 0 aliphatic carbocycles. The number of amides is 3. The molecule has 1 atom stereocenters. The Kier molecular flexibility index (Phi) is 6.84. The van der Waals surface area contributed by atoms with Gasteiger partial charge in [0, 0.05) is 51.1 Å². The Morgan fingerprint density at radius 2 is 1.63 bits per heavy atom. The second-order valence-corrected chi connectivity index (χ2v) is 9.62. The van der Waals surface area contributed by atoms with E-state index in [4.69, 9.17) is 0 Å². The maximum Gasteiger partial charge on any atom is 0.228 e. The molecule has 30 heavy (non-hydrogen) atoms. The number of hydrogen-bond donors (Lipinski definition) is 0. The third-order valence-electron chi connectivity index (χ3n) is 6.19. The van der Waals surface area contributed by atoms with Crippen LogP contribution in [0.25, 0.3) is 0 Å². The Balaban J connectivity index is 1.50. The van der Waals surface area contributed by atoms with Crippen molar-refractivity contribution in [2.45, 2.75) is 58.9 Å². The molecule has 0 radical (unpaired) electrons. The average Bonchev–Trinajstić information content (AvgIpc) is 2.93. The lowest BCUT2D eigenvalue weighted by Crippen LogP contribution is -2.44. The third kappa shape index (κ3) is 5.41. The van der Waals surface area contributed by atoms with E-state index in [-0.39, 0.29) is 29.2 Å². The molecule has 1 aromatic rings. The van der Waals surface area contributed by atoms with Gasteiger partial charge < -0.3 is 14.7 Å². The van der Waals surface area contributed by atoms with Crippen LogP contribution < -0.4 is 0 Å². The number of rotatable bonds is 4. The Morgan fingerprint density at radius 3 is 2.27 bits per heavy atom. The molecule has 0 aromatic heterocycles. The molecule has 1 unspecified atom stereocenters. The van der Waals surface area contributed by atoms with Gasteiger partial charge in [-0.05, 0) is 46.1 Å². The van der Waals surface area contributed by atoms with E-state index in [1.165, 1.54) is 11.1 Å². The summed E-state index contributed by atoms with van der Waals surface area (Å²) in [5.41, 5.74) is 2.14. The summed E-state index contributed by atoms with van der Waals surface area (Å²) in [5, 5.41) is 0. The van der Waals surface area contributed by atoms with E-state index in [0.29, 0.717) is 45.6 Å². The lowest BCUT2D eigenvalue weighted by molar-refractivity contribution is -0.136. The van der Waals surface area contributed by atoms with Crippen LogP contribution in [-0.2, 0) is 20.8 Å². The highest BCUT2D eigenvalue weighted by atomic mass is 16.2. The smallest absolute Gasteiger partial charge is 0.228 e.